The smallest absolute Gasteiger partial charge is 0.872 e. The molecule has 4 saturated heterocycles. The van der Waals surface area contributed by atoms with E-state index in [4.69, 9.17) is 37.3 Å². The summed E-state index contributed by atoms with van der Waals surface area (Å²) in [5.41, 5.74) is 7.98. The van der Waals surface area contributed by atoms with Crippen molar-refractivity contribution in [2.45, 2.75) is 92.9 Å². The van der Waals surface area contributed by atoms with E-state index in [2.05, 4.69) is 79.3 Å². The van der Waals surface area contributed by atoms with E-state index >= 15 is 0 Å². The van der Waals surface area contributed by atoms with Crippen molar-refractivity contribution < 1.29 is 112 Å². The maximum absolute atomic E-state index is 11.7. The Morgan fingerprint density at radius 1 is 0.321 bits per heavy atom. The van der Waals surface area contributed by atoms with Crippen LogP contribution in [0.25, 0.3) is 0 Å². The van der Waals surface area contributed by atoms with Crippen LogP contribution < -0.4 is 79.0 Å². The minimum absolute atomic E-state index is 0. The molecule has 0 atom stereocenters. The zero-order chi connectivity index (χ0) is 61.0. The maximum atomic E-state index is 11.7. The first-order valence-electron chi connectivity index (χ1n) is 27.2. The first kappa shape index (κ1) is 81.2. The quantitative estimate of drug-likeness (QED) is 0.0920. The van der Waals surface area contributed by atoms with E-state index in [1.165, 1.54) is 139 Å². The summed E-state index contributed by atoms with van der Waals surface area (Å²) < 4.78 is 67.9. The molecule has 4 aliphatic heterocycles. The van der Waals surface area contributed by atoms with Gasteiger partial charge in [0.1, 0.15) is 0 Å². The Hall–Kier alpha value is -4.91. The van der Waals surface area contributed by atoms with Gasteiger partial charge in [0.2, 0.25) is 0 Å². The van der Waals surface area contributed by atoms with Gasteiger partial charge in [-0.3, -0.25) is 20.0 Å². The Morgan fingerprint density at radius 2 is 0.476 bits per heavy atom. The van der Waals surface area contributed by atoms with E-state index in [-0.39, 0.29) is 56.6 Å². The van der Waals surface area contributed by atoms with Crippen LogP contribution >= 0.6 is 0 Å². The Labute approximate surface area is 522 Å². The molecule has 9 rings (SSSR count). The molecule has 466 valence electrons. The Morgan fingerprint density at radius 3 is 0.607 bits per heavy atom. The zero-order valence-electron chi connectivity index (χ0n) is 48.8. The average molecular weight is 1300 g/mol. The fourth-order valence-electron chi connectivity index (χ4n) is 7.41. The summed E-state index contributed by atoms with van der Waals surface area (Å²) in [7, 11) is -9.89. The largest absolute Gasteiger partial charge is 3.00 e. The van der Waals surface area contributed by atoms with Crippen LogP contribution in [0.4, 0.5) is 0 Å². The van der Waals surface area contributed by atoms with Gasteiger partial charge in [-0.05, 0) is 168 Å². The number of rotatable bonds is 10. The van der Waals surface area contributed by atoms with Gasteiger partial charge in [-0.25, -0.2) is 37.3 Å². The standard InChI is InChI=1S/2C18H20N2O2.C8H10.4C4H9N.2ClHO4.2Co/c2*1-13(15-7-3-5-9-17(15)21)19-11-12-20-14(2)16-8-4-6-10-18(16)22;1-7-3-5-8(2)6-4-7;4*1-2-4-5-3-1;2*2-1(3,4)5;;/h2*3-10,21-22H,11-12H2,1-2H3;3-6H,1-2H3;4*5H,1-4H2;2*(H,2,3,4,5);;/q;;;;;;;;;2*+3/p-6. The van der Waals surface area contributed by atoms with Gasteiger partial charge >= 0.3 is 33.6 Å². The van der Waals surface area contributed by atoms with E-state index in [1.807, 2.05) is 52.0 Å². The number of para-hydroxylation sites is 4. The molecule has 0 aliphatic carbocycles. The van der Waals surface area contributed by atoms with Gasteiger partial charge in [-0.1, -0.05) is 155 Å². The summed E-state index contributed by atoms with van der Waals surface area (Å²) in [5.74, 6) is -0.0974. The van der Waals surface area contributed by atoms with Crippen molar-refractivity contribution in [2.75, 3.05) is 78.5 Å². The van der Waals surface area contributed by atoms with Crippen molar-refractivity contribution in [1.82, 2.24) is 21.3 Å². The third-order valence-corrected chi connectivity index (χ3v) is 11.7. The Balaban J connectivity index is 0. The Bertz CT molecular complexity index is 2230. The topological polar surface area (TPSA) is 374 Å². The molecule has 0 amide bonds. The molecule has 0 spiro atoms. The minimum Gasteiger partial charge on any atom is -0.872 e. The molecule has 0 saturated carbocycles. The van der Waals surface area contributed by atoms with Crippen LogP contribution in [0, 0.1) is 34.3 Å². The van der Waals surface area contributed by atoms with Crippen LogP contribution in [-0.4, -0.2) is 101 Å². The van der Waals surface area contributed by atoms with E-state index in [0.717, 1.165) is 0 Å². The monoisotopic (exact) mass is 1290 g/mol. The normalized spacial score (nSPS) is 14.5. The molecule has 5 aromatic carbocycles. The van der Waals surface area contributed by atoms with Gasteiger partial charge in [0.25, 0.3) is 0 Å². The van der Waals surface area contributed by atoms with Gasteiger partial charge in [0, 0.05) is 22.8 Å². The summed E-state index contributed by atoms with van der Waals surface area (Å²) in [6, 6.07) is 35.8. The van der Waals surface area contributed by atoms with E-state index in [9.17, 15) is 20.4 Å². The van der Waals surface area contributed by atoms with Crippen LogP contribution in [-0.2, 0) is 33.6 Å². The molecule has 4 fully saturated rings. The number of nitrogens with zero attached hydrogens (tertiary/aromatic N) is 4. The number of benzene rings is 5. The van der Waals surface area contributed by atoms with Gasteiger partial charge in [0.05, 0.1) is 26.2 Å². The van der Waals surface area contributed by atoms with Crippen LogP contribution in [0.2, 0.25) is 0 Å². The Kier molecular flexibility index (Phi) is 47.6. The van der Waals surface area contributed by atoms with E-state index in [1.54, 1.807) is 48.5 Å². The fraction of sp³-hybridized carbons (Fsp3) is 0.433. The number of aryl methyl sites for hydroxylation is 2. The van der Waals surface area contributed by atoms with Crippen LogP contribution in [0.15, 0.2) is 141 Å². The number of hydrogen-bond acceptors (Lipinski definition) is 20. The fourth-order valence-corrected chi connectivity index (χ4v) is 7.41. The summed E-state index contributed by atoms with van der Waals surface area (Å²) in [4.78, 5) is 17.5. The molecule has 20 nitrogen and oxygen atoms in total. The number of nitrogens with one attached hydrogen (secondary N) is 4. The van der Waals surface area contributed by atoms with Gasteiger partial charge in [0.15, 0.2) is 0 Å². The molecule has 0 radical (unpaired) electrons. The van der Waals surface area contributed by atoms with Crippen molar-refractivity contribution in [2.24, 2.45) is 20.0 Å². The van der Waals surface area contributed by atoms with Gasteiger partial charge < -0.3 is 41.7 Å². The molecule has 0 aromatic heterocycles. The SMILES string of the molecule is C1CCNC1.C1CCNC1.C1CCNC1.C1CCNC1.CC(=NCCN=C(C)c1ccccc1[O-])c1ccccc1[O-].CC(=NCCN=C(C)c1ccccc1[O-])c1ccccc1[O-].Cc1ccc(C)cc1.[Co+3].[Co+3].[O-][Cl+3]([O-])([O-])[O-].[O-][Cl+3]([O-])([O-])[O-]. The van der Waals surface area contributed by atoms with Gasteiger partial charge in [-0.15, -0.1) is 20.5 Å². The summed E-state index contributed by atoms with van der Waals surface area (Å²) >= 11 is 0. The van der Waals surface area contributed by atoms with Crippen molar-refractivity contribution in [3.8, 4) is 23.0 Å². The summed E-state index contributed by atoms with van der Waals surface area (Å²) in [5, 5.41) is 59.6. The van der Waals surface area contributed by atoms with Gasteiger partial charge in [-0.2, -0.15) is 0 Å². The van der Waals surface area contributed by atoms with Crippen molar-refractivity contribution in [3.63, 3.8) is 0 Å². The second kappa shape index (κ2) is 49.2. The first-order valence-corrected chi connectivity index (χ1v) is 29.6. The minimum atomic E-state index is -4.94. The summed E-state index contributed by atoms with van der Waals surface area (Å²) in [6.45, 7) is 23.4. The van der Waals surface area contributed by atoms with Crippen LogP contribution in [0.5, 0.6) is 23.0 Å². The second-order valence-electron chi connectivity index (χ2n) is 18.6. The number of halogens is 2. The second-order valence-corrected chi connectivity index (χ2v) is 20.1. The molecule has 5 aromatic rings. The van der Waals surface area contributed by atoms with Crippen molar-refractivity contribution in [1.29, 1.82) is 0 Å². The molecular formula is C60H82Cl2Co2N8O12. The third-order valence-electron chi connectivity index (χ3n) is 11.7. The first-order chi connectivity index (χ1) is 39.0. The maximum Gasteiger partial charge on any atom is 3.00 e. The third kappa shape index (κ3) is 45.5. The van der Waals surface area contributed by atoms with E-state index in [0.29, 0.717) is 71.3 Å². The molecule has 0 bridgehead atoms. The molecule has 84 heavy (non-hydrogen) atoms. The number of hydrogen-bond donors (Lipinski definition) is 4. The molecule has 4 aliphatic rings. The van der Waals surface area contributed by atoms with E-state index < -0.39 is 20.5 Å². The molecule has 4 heterocycles. The number of aliphatic imine (C=N–C) groups is 4. The van der Waals surface area contributed by atoms with Crippen molar-refractivity contribution in [3.05, 3.63) is 155 Å². The van der Waals surface area contributed by atoms with Crippen molar-refractivity contribution >= 4 is 22.8 Å². The van der Waals surface area contributed by atoms with Crippen LogP contribution in [0.1, 0.15) is 112 Å². The molecule has 4 N–H and O–H groups in total. The predicted octanol–water partition coefficient (Wildman–Crippen LogP) is -1.43. The average Bonchev–Trinajstić information content (AvgIpc) is 4.41. The predicted molar refractivity (Wildman–Crippen MR) is 296 cm³/mol. The zero-order valence-corrected chi connectivity index (χ0v) is 52.4. The molecular weight excluding hydrogens is 1210 g/mol. The summed E-state index contributed by atoms with van der Waals surface area (Å²) in [6.07, 6.45) is 11.1. The van der Waals surface area contributed by atoms with Crippen LogP contribution in [0.3, 0.4) is 0 Å². The molecule has 24 heteroatoms. The molecule has 0 unspecified atom stereocenters.